The molecule has 118 valence electrons. The van der Waals surface area contributed by atoms with Gasteiger partial charge in [-0.1, -0.05) is 13.0 Å². The van der Waals surface area contributed by atoms with E-state index in [1.807, 2.05) is 17.7 Å². The average molecular weight is 311 g/mol. The number of carbonyl (C=O) groups excluding carboxylic acids is 1. The van der Waals surface area contributed by atoms with Crippen molar-refractivity contribution in [3.05, 3.63) is 65.2 Å². The van der Waals surface area contributed by atoms with Crippen LogP contribution in [-0.2, 0) is 6.54 Å². The highest BCUT2D eigenvalue weighted by molar-refractivity contribution is 5.93. The lowest BCUT2D eigenvalue weighted by molar-refractivity contribution is 0.0930. The lowest BCUT2D eigenvalue weighted by Crippen LogP contribution is -2.40. The number of pyridine rings is 1. The van der Waals surface area contributed by atoms with Crippen LogP contribution in [0.15, 0.2) is 54.1 Å². The van der Waals surface area contributed by atoms with E-state index in [9.17, 15) is 9.59 Å². The van der Waals surface area contributed by atoms with Gasteiger partial charge in [-0.3, -0.25) is 14.0 Å². The standard InChI is InChI=1S/C16H17N5O2/c1-2-12(10-20-8-6-17-11-20)19-15(22)13-9-18-14-5-3-4-7-21(14)16(13)23/h3-9,11-12H,2,10H2,1H3,(H,19,22)/t12-/m0/s1. The van der Waals surface area contributed by atoms with E-state index in [1.54, 1.807) is 36.9 Å². The first kappa shape index (κ1) is 15.0. The van der Waals surface area contributed by atoms with Gasteiger partial charge in [0.1, 0.15) is 11.2 Å². The molecule has 0 aliphatic rings. The largest absolute Gasteiger partial charge is 0.347 e. The Labute approximate surface area is 132 Å². The lowest BCUT2D eigenvalue weighted by Gasteiger charge is -2.17. The predicted molar refractivity (Wildman–Crippen MR) is 85.2 cm³/mol. The van der Waals surface area contributed by atoms with Crippen molar-refractivity contribution in [2.75, 3.05) is 0 Å². The number of hydrogen-bond donors (Lipinski definition) is 1. The third-order valence-electron chi connectivity index (χ3n) is 3.68. The molecule has 0 bridgehead atoms. The second-order valence-corrected chi connectivity index (χ2v) is 5.24. The summed E-state index contributed by atoms with van der Waals surface area (Å²) in [5.74, 6) is -0.410. The molecule has 3 rings (SSSR count). The summed E-state index contributed by atoms with van der Waals surface area (Å²) < 4.78 is 3.26. The molecule has 1 N–H and O–H groups in total. The monoisotopic (exact) mass is 311 g/mol. The number of hydrogen-bond acceptors (Lipinski definition) is 4. The third-order valence-corrected chi connectivity index (χ3v) is 3.68. The third kappa shape index (κ3) is 3.13. The van der Waals surface area contributed by atoms with E-state index in [0.29, 0.717) is 12.2 Å². The number of imidazole rings is 1. The fraction of sp³-hybridized carbons (Fsp3) is 0.250. The number of nitrogens with one attached hydrogen (secondary N) is 1. The summed E-state index contributed by atoms with van der Waals surface area (Å²) in [6, 6.07) is 5.15. The van der Waals surface area contributed by atoms with E-state index in [-0.39, 0.29) is 17.2 Å². The Morgan fingerprint density at radius 1 is 1.35 bits per heavy atom. The summed E-state index contributed by atoms with van der Waals surface area (Å²) in [6.45, 7) is 2.58. The van der Waals surface area contributed by atoms with E-state index in [0.717, 1.165) is 6.42 Å². The van der Waals surface area contributed by atoms with E-state index < -0.39 is 5.91 Å². The molecule has 1 atom stereocenters. The van der Waals surface area contributed by atoms with Crippen LogP contribution in [0.2, 0.25) is 0 Å². The quantitative estimate of drug-likeness (QED) is 0.765. The minimum atomic E-state index is -0.410. The van der Waals surface area contributed by atoms with Gasteiger partial charge in [0.05, 0.1) is 6.33 Å². The summed E-state index contributed by atoms with van der Waals surface area (Å²) >= 11 is 0. The molecule has 23 heavy (non-hydrogen) atoms. The molecule has 0 aliphatic heterocycles. The van der Waals surface area contributed by atoms with Crippen molar-refractivity contribution >= 4 is 11.6 Å². The molecular formula is C16H17N5O2. The first-order chi connectivity index (χ1) is 11.2. The van der Waals surface area contributed by atoms with Crippen molar-refractivity contribution < 1.29 is 4.79 Å². The Kier molecular flexibility index (Phi) is 4.18. The van der Waals surface area contributed by atoms with Gasteiger partial charge in [0.2, 0.25) is 0 Å². The number of amides is 1. The molecule has 3 aromatic heterocycles. The zero-order valence-electron chi connectivity index (χ0n) is 12.7. The van der Waals surface area contributed by atoms with Crippen LogP contribution in [0.5, 0.6) is 0 Å². The van der Waals surface area contributed by atoms with Crippen molar-refractivity contribution in [2.24, 2.45) is 0 Å². The second kappa shape index (κ2) is 6.43. The van der Waals surface area contributed by atoms with E-state index in [2.05, 4.69) is 15.3 Å². The summed E-state index contributed by atoms with van der Waals surface area (Å²) in [4.78, 5) is 33.0. The van der Waals surface area contributed by atoms with Gasteiger partial charge >= 0.3 is 0 Å². The minimum Gasteiger partial charge on any atom is -0.347 e. The van der Waals surface area contributed by atoms with Crippen LogP contribution in [0, 0.1) is 0 Å². The molecule has 7 heteroatoms. The molecule has 3 heterocycles. The molecule has 0 spiro atoms. The molecule has 1 amide bonds. The van der Waals surface area contributed by atoms with Gasteiger partial charge in [0.25, 0.3) is 11.5 Å². The predicted octanol–water partition coefficient (Wildman–Crippen LogP) is 1.10. The number of rotatable bonds is 5. The molecule has 0 aromatic carbocycles. The Bertz CT molecular complexity index is 870. The molecule has 0 unspecified atom stereocenters. The highest BCUT2D eigenvalue weighted by Crippen LogP contribution is 2.01. The first-order valence-corrected chi connectivity index (χ1v) is 7.42. The van der Waals surface area contributed by atoms with Gasteiger partial charge in [-0.25, -0.2) is 9.97 Å². The van der Waals surface area contributed by atoms with Crippen molar-refractivity contribution in [1.82, 2.24) is 24.3 Å². The van der Waals surface area contributed by atoms with Crippen molar-refractivity contribution in [2.45, 2.75) is 25.9 Å². The van der Waals surface area contributed by atoms with Gasteiger partial charge in [-0.15, -0.1) is 0 Å². The second-order valence-electron chi connectivity index (χ2n) is 5.24. The minimum absolute atomic E-state index is 0.0396. The van der Waals surface area contributed by atoms with Crippen molar-refractivity contribution in [3.63, 3.8) is 0 Å². The topological polar surface area (TPSA) is 81.3 Å². The van der Waals surface area contributed by atoms with Crippen LogP contribution in [0.3, 0.4) is 0 Å². The first-order valence-electron chi connectivity index (χ1n) is 7.42. The highest BCUT2D eigenvalue weighted by Gasteiger charge is 2.17. The van der Waals surface area contributed by atoms with Crippen LogP contribution in [0.4, 0.5) is 0 Å². The van der Waals surface area contributed by atoms with Gasteiger partial charge in [0.15, 0.2) is 0 Å². The van der Waals surface area contributed by atoms with Crippen molar-refractivity contribution in [3.8, 4) is 0 Å². The van der Waals surface area contributed by atoms with Gasteiger partial charge in [-0.05, 0) is 18.6 Å². The molecule has 0 saturated carbocycles. The fourth-order valence-corrected chi connectivity index (χ4v) is 2.37. The Hall–Kier alpha value is -2.96. The SMILES string of the molecule is CC[C@@H](Cn1ccnc1)NC(=O)c1cnc2ccccn2c1=O. The summed E-state index contributed by atoms with van der Waals surface area (Å²) in [5, 5.41) is 2.89. The zero-order valence-corrected chi connectivity index (χ0v) is 12.7. The lowest BCUT2D eigenvalue weighted by atomic mass is 10.2. The van der Waals surface area contributed by atoms with E-state index >= 15 is 0 Å². The van der Waals surface area contributed by atoms with Crippen LogP contribution >= 0.6 is 0 Å². The average Bonchev–Trinajstić information content (AvgIpc) is 3.07. The molecule has 7 nitrogen and oxygen atoms in total. The van der Waals surface area contributed by atoms with E-state index in [1.165, 1.54) is 10.6 Å². The fourth-order valence-electron chi connectivity index (χ4n) is 2.37. The summed E-state index contributed by atoms with van der Waals surface area (Å²) in [6.07, 6.45) is 8.89. The molecule has 0 radical (unpaired) electrons. The Morgan fingerprint density at radius 3 is 2.96 bits per heavy atom. The molecule has 0 saturated heterocycles. The zero-order chi connectivity index (χ0) is 16.2. The van der Waals surface area contributed by atoms with Crippen LogP contribution in [-0.4, -0.2) is 30.9 Å². The molecule has 0 fully saturated rings. The highest BCUT2D eigenvalue weighted by atomic mass is 16.2. The van der Waals surface area contributed by atoms with Crippen LogP contribution in [0.25, 0.3) is 5.65 Å². The normalized spacial score (nSPS) is 12.2. The summed E-state index contributed by atoms with van der Waals surface area (Å²) in [7, 11) is 0. The number of aromatic nitrogens is 4. The number of fused-ring (bicyclic) bond motifs is 1. The summed E-state index contributed by atoms with van der Waals surface area (Å²) in [5.41, 5.74) is 0.183. The van der Waals surface area contributed by atoms with E-state index in [4.69, 9.17) is 0 Å². The van der Waals surface area contributed by atoms with Gasteiger partial charge in [0, 0.05) is 37.4 Å². The van der Waals surface area contributed by atoms with Crippen molar-refractivity contribution in [1.29, 1.82) is 0 Å². The Balaban J connectivity index is 1.82. The number of carbonyl (C=O) groups is 1. The number of nitrogens with zero attached hydrogens (tertiary/aromatic N) is 4. The maximum absolute atomic E-state index is 12.4. The molecule has 3 aromatic rings. The van der Waals surface area contributed by atoms with Gasteiger partial charge in [-0.2, -0.15) is 0 Å². The van der Waals surface area contributed by atoms with Crippen LogP contribution in [0.1, 0.15) is 23.7 Å². The molecular weight excluding hydrogens is 294 g/mol. The Morgan fingerprint density at radius 2 is 2.22 bits per heavy atom. The maximum Gasteiger partial charge on any atom is 0.270 e. The maximum atomic E-state index is 12.4. The van der Waals surface area contributed by atoms with Crippen LogP contribution < -0.4 is 10.9 Å². The molecule has 0 aliphatic carbocycles. The van der Waals surface area contributed by atoms with Gasteiger partial charge < -0.3 is 9.88 Å². The smallest absolute Gasteiger partial charge is 0.270 e.